The standard InChI is InChI=1S/C27H20F3N5O3S/c1-26(32,14-36)35-17-5-2-4-15(10-17)19-12-21(18-8-7-16(11-22(18)37)27(28,29)30)33-24(20(19)13-31)34-25(38)23-6-3-9-39-23/h2-12,14,35,37H,32H2,1H3,(H,33,34,38)/t26-/m0/s1. The molecule has 0 fully saturated rings. The van der Waals surface area contributed by atoms with Gasteiger partial charge in [0.05, 0.1) is 16.1 Å². The Labute approximate surface area is 224 Å². The highest BCUT2D eigenvalue weighted by molar-refractivity contribution is 7.12. The number of carbonyl (C=O) groups excluding carboxylic acids is 2. The minimum atomic E-state index is -4.68. The largest absolute Gasteiger partial charge is 0.507 e. The van der Waals surface area contributed by atoms with Crippen LogP contribution in [0.3, 0.4) is 0 Å². The molecule has 0 aliphatic rings. The zero-order valence-corrected chi connectivity index (χ0v) is 21.0. The molecule has 0 unspecified atom stereocenters. The van der Waals surface area contributed by atoms with Gasteiger partial charge >= 0.3 is 6.18 Å². The molecule has 0 saturated heterocycles. The number of rotatable bonds is 7. The summed E-state index contributed by atoms with van der Waals surface area (Å²) in [5.74, 6) is -1.39. The number of pyridine rings is 1. The number of aromatic nitrogens is 1. The maximum atomic E-state index is 13.2. The van der Waals surface area contributed by atoms with Gasteiger partial charge in [0.1, 0.15) is 23.0 Å². The number of nitrogens with one attached hydrogen (secondary N) is 2. The second-order valence-corrected chi connectivity index (χ2v) is 9.61. The number of alkyl halides is 3. The number of nitrogens with two attached hydrogens (primary N) is 1. The number of amides is 1. The topological polar surface area (TPSA) is 141 Å². The summed E-state index contributed by atoms with van der Waals surface area (Å²) in [5, 5.41) is 27.7. The van der Waals surface area contributed by atoms with Crippen LogP contribution in [0.5, 0.6) is 5.75 Å². The maximum Gasteiger partial charge on any atom is 0.416 e. The third-order valence-electron chi connectivity index (χ3n) is 5.54. The van der Waals surface area contributed by atoms with Gasteiger partial charge in [0.25, 0.3) is 5.91 Å². The second-order valence-electron chi connectivity index (χ2n) is 8.66. The Bertz CT molecular complexity index is 1600. The number of halogens is 3. The monoisotopic (exact) mass is 551 g/mol. The number of thiophene rings is 1. The van der Waals surface area contributed by atoms with Crippen LogP contribution in [-0.2, 0) is 11.0 Å². The summed E-state index contributed by atoms with van der Waals surface area (Å²) in [6.07, 6.45) is -4.15. The minimum absolute atomic E-state index is 0.00613. The Morgan fingerprint density at radius 2 is 1.90 bits per heavy atom. The molecule has 4 rings (SSSR count). The van der Waals surface area contributed by atoms with Crippen molar-refractivity contribution >= 4 is 35.0 Å². The summed E-state index contributed by atoms with van der Waals surface area (Å²) < 4.78 is 39.5. The van der Waals surface area contributed by atoms with Gasteiger partial charge < -0.3 is 21.5 Å². The number of phenolic OH excluding ortho intramolecular Hbond substituents is 1. The van der Waals surface area contributed by atoms with Crippen LogP contribution >= 0.6 is 11.3 Å². The van der Waals surface area contributed by atoms with E-state index in [4.69, 9.17) is 5.73 Å². The van der Waals surface area contributed by atoms with Crippen molar-refractivity contribution in [2.24, 2.45) is 5.73 Å². The first kappa shape index (κ1) is 27.3. The van der Waals surface area contributed by atoms with Crippen molar-refractivity contribution in [2.45, 2.75) is 18.8 Å². The average Bonchev–Trinajstić information content (AvgIpc) is 3.43. The molecule has 2 aromatic heterocycles. The average molecular weight is 552 g/mol. The lowest BCUT2D eigenvalue weighted by Gasteiger charge is -2.21. The molecule has 2 aromatic carbocycles. The van der Waals surface area contributed by atoms with Crippen LogP contribution in [0.15, 0.2) is 66.0 Å². The van der Waals surface area contributed by atoms with Gasteiger partial charge in [0.15, 0.2) is 12.1 Å². The second kappa shape index (κ2) is 10.6. The zero-order valence-electron chi connectivity index (χ0n) is 20.2. The van der Waals surface area contributed by atoms with E-state index in [0.29, 0.717) is 28.5 Å². The van der Waals surface area contributed by atoms with Crippen LogP contribution < -0.4 is 16.4 Å². The molecule has 5 N–H and O–H groups in total. The molecule has 0 aliphatic carbocycles. The molecule has 12 heteroatoms. The fourth-order valence-corrected chi connectivity index (χ4v) is 4.34. The molecule has 39 heavy (non-hydrogen) atoms. The lowest BCUT2D eigenvalue weighted by molar-refractivity contribution is -0.137. The summed E-state index contributed by atoms with van der Waals surface area (Å²) in [7, 11) is 0. The Kier molecular flexibility index (Phi) is 7.40. The molecule has 1 atom stereocenters. The highest BCUT2D eigenvalue weighted by Gasteiger charge is 2.31. The number of hydrogen-bond donors (Lipinski definition) is 4. The van der Waals surface area contributed by atoms with Gasteiger partial charge in [-0.3, -0.25) is 9.59 Å². The van der Waals surface area contributed by atoms with Gasteiger partial charge in [-0.05, 0) is 60.3 Å². The first-order chi connectivity index (χ1) is 18.4. The van der Waals surface area contributed by atoms with Crippen molar-refractivity contribution < 1.29 is 27.9 Å². The zero-order chi connectivity index (χ0) is 28.4. The van der Waals surface area contributed by atoms with E-state index in [1.54, 1.807) is 41.8 Å². The summed E-state index contributed by atoms with van der Waals surface area (Å²) >= 11 is 1.16. The molecular formula is C27H20F3N5O3S. The highest BCUT2D eigenvalue weighted by Crippen LogP contribution is 2.39. The highest BCUT2D eigenvalue weighted by atomic mass is 32.1. The van der Waals surface area contributed by atoms with Gasteiger partial charge in [-0.1, -0.05) is 18.2 Å². The Balaban J connectivity index is 1.90. The molecule has 0 bridgehead atoms. The Morgan fingerprint density at radius 3 is 2.51 bits per heavy atom. The van der Waals surface area contributed by atoms with Gasteiger partial charge in [-0.2, -0.15) is 18.4 Å². The number of hydrogen-bond acceptors (Lipinski definition) is 8. The lowest BCUT2D eigenvalue weighted by atomic mass is 9.97. The Morgan fingerprint density at radius 1 is 1.13 bits per heavy atom. The predicted molar refractivity (Wildman–Crippen MR) is 141 cm³/mol. The molecule has 198 valence electrons. The number of aromatic hydroxyl groups is 1. The molecular weight excluding hydrogens is 531 g/mol. The summed E-state index contributed by atoms with van der Waals surface area (Å²) in [5.41, 5.74) is 4.52. The van der Waals surface area contributed by atoms with Crippen molar-refractivity contribution in [3.63, 3.8) is 0 Å². The Hall–Kier alpha value is -4.73. The minimum Gasteiger partial charge on any atom is -0.507 e. The number of phenols is 1. The number of nitriles is 1. The van der Waals surface area contributed by atoms with E-state index < -0.39 is 29.1 Å². The normalized spacial score (nSPS) is 12.7. The summed E-state index contributed by atoms with van der Waals surface area (Å²) in [6.45, 7) is 1.46. The lowest BCUT2D eigenvalue weighted by Crippen LogP contribution is -2.46. The van der Waals surface area contributed by atoms with E-state index in [-0.39, 0.29) is 28.2 Å². The van der Waals surface area contributed by atoms with Gasteiger partial charge in [0.2, 0.25) is 0 Å². The van der Waals surface area contributed by atoms with Crippen LogP contribution in [0.2, 0.25) is 0 Å². The molecule has 0 aliphatic heterocycles. The third-order valence-corrected chi connectivity index (χ3v) is 6.41. The van der Waals surface area contributed by atoms with Crippen molar-refractivity contribution in [1.29, 1.82) is 5.26 Å². The molecule has 8 nitrogen and oxygen atoms in total. The number of carbonyl (C=O) groups is 2. The smallest absolute Gasteiger partial charge is 0.416 e. The van der Waals surface area contributed by atoms with E-state index in [1.165, 1.54) is 13.0 Å². The van der Waals surface area contributed by atoms with Crippen LogP contribution in [0.1, 0.15) is 27.7 Å². The van der Waals surface area contributed by atoms with E-state index >= 15 is 0 Å². The van der Waals surface area contributed by atoms with E-state index in [0.717, 1.165) is 23.5 Å². The number of benzene rings is 2. The van der Waals surface area contributed by atoms with E-state index in [1.807, 2.05) is 6.07 Å². The van der Waals surface area contributed by atoms with Crippen molar-refractivity contribution in [1.82, 2.24) is 4.98 Å². The van der Waals surface area contributed by atoms with E-state index in [9.17, 15) is 33.1 Å². The SMILES string of the molecule is C[C@@](N)(C=O)Nc1cccc(-c2cc(-c3ccc(C(F)(F)F)cc3O)nc(NC(=O)c3cccs3)c2C#N)c1. The first-order valence-electron chi connectivity index (χ1n) is 11.3. The summed E-state index contributed by atoms with van der Waals surface area (Å²) in [6, 6.07) is 15.7. The van der Waals surface area contributed by atoms with Crippen molar-refractivity contribution in [2.75, 3.05) is 10.6 Å². The molecule has 0 radical (unpaired) electrons. The van der Waals surface area contributed by atoms with Crippen LogP contribution in [-0.4, -0.2) is 27.9 Å². The van der Waals surface area contributed by atoms with Crippen molar-refractivity contribution in [3.8, 4) is 34.2 Å². The van der Waals surface area contributed by atoms with Crippen molar-refractivity contribution in [3.05, 3.63) is 82.0 Å². The fourth-order valence-electron chi connectivity index (χ4n) is 3.72. The number of nitrogens with zero attached hydrogens (tertiary/aromatic N) is 2. The predicted octanol–water partition coefficient (Wildman–Crippen LogP) is 5.61. The molecule has 0 saturated carbocycles. The molecule has 1 amide bonds. The van der Waals surface area contributed by atoms with E-state index in [2.05, 4.69) is 15.6 Å². The first-order valence-corrected chi connectivity index (χ1v) is 12.1. The molecule has 4 aromatic rings. The van der Waals surface area contributed by atoms with Gasteiger partial charge in [0, 0.05) is 16.8 Å². The van der Waals surface area contributed by atoms with Gasteiger partial charge in [-0.15, -0.1) is 11.3 Å². The number of anilines is 2. The number of aldehydes is 1. The fraction of sp³-hybridized carbons (Fsp3) is 0.111. The summed E-state index contributed by atoms with van der Waals surface area (Å²) in [4.78, 5) is 28.8. The molecule has 0 spiro atoms. The quantitative estimate of drug-likeness (QED) is 0.173. The van der Waals surface area contributed by atoms with Crippen LogP contribution in [0.25, 0.3) is 22.4 Å². The third kappa shape index (κ3) is 6.06. The van der Waals surface area contributed by atoms with Crippen LogP contribution in [0.4, 0.5) is 24.7 Å². The van der Waals surface area contributed by atoms with Crippen LogP contribution in [0, 0.1) is 11.3 Å². The maximum absolute atomic E-state index is 13.2. The van der Waals surface area contributed by atoms with Gasteiger partial charge in [-0.25, -0.2) is 4.98 Å². The molecule has 2 heterocycles.